The van der Waals surface area contributed by atoms with Gasteiger partial charge in [-0.25, -0.2) is 15.0 Å². The number of fused-ring (bicyclic) bond motifs is 6. The van der Waals surface area contributed by atoms with Crippen LogP contribution in [0.3, 0.4) is 0 Å². The molecule has 234 valence electrons. The van der Waals surface area contributed by atoms with Crippen LogP contribution in [0.5, 0.6) is 0 Å². The maximum Gasteiger partial charge on any atom is 0.165 e. The van der Waals surface area contributed by atoms with Crippen molar-refractivity contribution in [3.8, 4) is 63.1 Å². The van der Waals surface area contributed by atoms with Gasteiger partial charge in [-0.1, -0.05) is 117 Å². The van der Waals surface area contributed by atoms with Crippen molar-refractivity contribution < 1.29 is 0 Å². The second-order valence-corrected chi connectivity index (χ2v) is 13.1. The number of hydrogen-bond donors (Lipinski definition) is 0. The fourth-order valence-corrected chi connectivity index (χ4v) is 7.49. The lowest BCUT2D eigenvalue weighted by Gasteiger charge is -2.22. The van der Waals surface area contributed by atoms with Gasteiger partial charge in [0.1, 0.15) is 6.07 Å². The largest absolute Gasteiger partial charge is 0.308 e. The van der Waals surface area contributed by atoms with Gasteiger partial charge in [0.15, 0.2) is 17.5 Å². The van der Waals surface area contributed by atoms with Gasteiger partial charge in [0.2, 0.25) is 0 Å². The summed E-state index contributed by atoms with van der Waals surface area (Å²) in [5.74, 6) is 1.30. The molecule has 0 bridgehead atoms. The molecule has 0 saturated heterocycles. The Hall–Kier alpha value is -6.89. The van der Waals surface area contributed by atoms with Crippen molar-refractivity contribution in [2.24, 2.45) is 0 Å². The molecule has 0 atom stereocenters. The zero-order valence-electron chi connectivity index (χ0n) is 27.4. The highest BCUT2D eigenvalue weighted by Crippen LogP contribution is 2.51. The van der Waals surface area contributed by atoms with Crippen molar-refractivity contribution in [1.29, 1.82) is 10.5 Å². The molecule has 2 aromatic heterocycles. The van der Waals surface area contributed by atoms with Gasteiger partial charge in [-0.15, -0.1) is 0 Å². The third-order valence-electron chi connectivity index (χ3n) is 9.93. The van der Waals surface area contributed by atoms with Gasteiger partial charge in [-0.2, -0.15) is 10.5 Å². The topological polar surface area (TPSA) is 91.2 Å². The molecule has 0 saturated carbocycles. The van der Waals surface area contributed by atoms with Crippen molar-refractivity contribution in [3.63, 3.8) is 0 Å². The minimum Gasteiger partial charge on any atom is -0.308 e. The van der Waals surface area contributed by atoms with E-state index in [9.17, 15) is 10.5 Å². The fourth-order valence-electron chi connectivity index (χ4n) is 7.49. The monoisotopic (exact) mass is 640 g/mol. The molecule has 0 spiro atoms. The standard InChI is InChI=1S/C44H28N6/c1-44(2)36-19-11-9-17-31(36)34-23-35-32-18-10-12-20-38(32)50(40(35)24-37(34)44)39-22-29(25-45)33(21-30(39)26-46)43-48-41(27-13-5-3-6-14-27)47-42(49-43)28-15-7-4-8-16-28/h3-24H,1-2H3. The summed E-state index contributed by atoms with van der Waals surface area (Å²) in [5.41, 5.74) is 10.3. The lowest BCUT2D eigenvalue weighted by atomic mass is 9.82. The Labute approximate surface area is 289 Å². The van der Waals surface area contributed by atoms with Crippen LogP contribution in [0.1, 0.15) is 36.1 Å². The third kappa shape index (κ3) is 4.36. The van der Waals surface area contributed by atoms with Gasteiger partial charge in [-0.05, 0) is 52.6 Å². The highest BCUT2D eigenvalue weighted by molar-refractivity contribution is 6.12. The molecule has 0 radical (unpaired) electrons. The Bertz CT molecular complexity index is 2690. The zero-order chi connectivity index (χ0) is 34.0. The molecule has 0 aliphatic heterocycles. The summed E-state index contributed by atoms with van der Waals surface area (Å²) in [7, 11) is 0. The molecule has 0 amide bonds. The van der Waals surface area contributed by atoms with E-state index in [1.54, 1.807) is 12.1 Å². The zero-order valence-corrected chi connectivity index (χ0v) is 27.4. The lowest BCUT2D eigenvalue weighted by molar-refractivity contribution is 0.661. The van der Waals surface area contributed by atoms with Crippen molar-refractivity contribution in [2.75, 3.05) is 0 Å². The van der Waals surface area contributed by atoms with E-state index in [0.717, 1.165) is 32.9 Å². The number of rotatable bonds is 4. The molecule has 1 aliphatic carbocycles. The summed E-state index contributed by atoms with van der Waals surface area (Å²) in [4.78, 5) is 14.5. The van der Waals surface area contributed by atoms with E-state index in [1.807, 2.05) is 72.8 Å². The number of benzene rings is 6. The van der Waals surface area contributed by atoms with Gasteiger partial charge in [0.25, 0.3) is 0 Å². The van der Waals surface area contributed by atoms with Crippen LogP contribution in [0.15, 0.2) is 133 Å². The Kier molecular flexibility index (Phi) is 6.49. The smallest absolute Gasteiger partial charge is 0.165 e. The highest BCUT2D eigenvalue weighted by atomic mass is 15.0. The quantitative estimate of drug-likeness (QED) is 0.191. The van der Waals surface area contributed by atoms with Gasteiger partial charge in [0.05, 0.1) is 33.9 Å². The van der Waals surface area contributed by atoms with Crippen LogP contribution >= 0.6 is 0 Å². The van der Waals surface area contributed by atoms with Crippen LogP contribution in [-0.4, -0.2) is 19.5 Å². The summed E-state index contributed by atoms with van der Waals surface area (Å²) >= 11 is 0. The Morgan fingerprint density at radius 2 is 1.10 bits per heavy atom. The summed E-state index contributed by atoms with van der Waals surface area (Å²) in [6.07, 6.45) is 0. The maximum atomic E-state index is 10.7. The fraction of sp³-hybridized carbons (Fsp3) is 0.0682. The van der Waals surface area contributed by atoms with Crippen LogP contribution in [0.4, 0.5) is 0 Å². The van der Waals surface area contributed by atoms with Crippen LogP contribution in [0, 0.1) is 22.7 Å². The molecule has 6 heteroatoms. The van der Waals surface area contributed by atoms with Crippen LogP contribution in [-0.2, 0) is 5.41 Å². The first kappa shape index (κ1) is 29.3. The molecule has 0 N–H and O–H groups in total. The number of para-hydroxylation sites is 1. The van der Waals surface area contributed by atoms with E-state index >= 15 is 0 Å². The van der Waals surface area contributed by atoms with E-state index < -0.39 is 0 Å². The molecular weight excluding hydrogens is 613 g/mol. The predicted molar refractivity (Wildman–Crippen MR) is 197 cm³/mol. The molecule has 0 fully saturated rings. The summed E-state index contributed by atoms with van der Waals surface area (Å²) in [6, 6.07) is 49.3. The van der Waals surface area contributed by atoms with E-state index in [-0.39, 0.29) is 5.41 Å². The first-order chi connectivity index (χ1) is 24.5. The van der Waals surface area contributed by atoms with E-state index in [2.05, 4.69) is 79.1 Å². The van der Waals surface area contributed by atoms with E-state index in [4.69, 9.17) is 15.0 Å². The van der Waals surface area contributed by atoms with Gasteiger partial charge in [0, 0.05) is 32.9 Å². The van der Waals surface area contributed by atoms with Crippen molar-refractivity contribution in [2.45, 2.75) is 19.3 Å². The second-order valence-electron chi connectivity index (χ2n) is 13.1. The first-order valence-electron chi connectivity index (χ1n) is 16.5. The third-order valence-corrected chi connectivity index (χ3v) is 9.93. The van der Waals surface area contributed by atoms with Gasteiger partial charge < -0.3 is 4.57 Å². The molecular formula is C44H28N6. The SMILES string of the molecule is CC1(C)c2ccccc2-c2cc3c4ccccc4n(-c4cc(C#N)c(-c5nc(-c6ccccc6)nc(-c6ccccc6)n5)cc4C#N)c3cc21. The summed E-state index contributed by atoms with van der Waals surface area (Å²) in [6.45, 7) is 4.53. The lowest BCUT2D eigenvalue weighted by Crippen LogP contribution is -2.15. The molecule has 0 unspecified atom stereocenters. The van der Waals surface area contributed by atoms with E-state index in [0.29, 0.717) is 39.9 Å². The number of nitriles is 2. The average molecular weight is 641 g/mol. The molecule has 8 aromatic rings. The van der Waals surface area contributed by atoms with Gasteiger partial charge in [-0.3, -0.25) is 0 Å². The highest BCUT2D eigenvalue weighted by Gasteiger charge is 2.36. The molecule has 6 nitrogen and oxygen atoms in total. The maximum absolute atomic E-state index is 10.7. The van der Waals surface area contributed by atoms with Gasteiger partial charge >= 0.3 is 0 Å². The number of aromatic nitrogens is 4. The summed E-state index contributed by atoms with van der Waals surface area (Å²) < 4.78 is 2.13. The summed E-state index contributed by atoms with van der Waals surface area (Å²) in [5, 5.41) is 23.5. The van der Waals surface area contributed by atoms with Crippen molar-refractivity contribution in [3.05, 3.63) is 156 Å². The molecule has 1 aliphatic rings. The second kappa shape index (κ2) is 11.1. The van der Waals surface area contributed by atoms with Crippen molar-refractivity contribution in [1.82, 2.24) is 19.5 Å². The van der Waals surface area contributed by atoms with Crippen LogP contribution in [0.2, 0.25) is 0 Å². The van der Waals surface area contributed by atoms with Crippen molar-refractivity contribution >= 4 is 21.8 Å². The Balaban J connectivity index is 1.30. The number of nitrogens with zero attached hydrogens (tertiary/aromatic N) is 6. The average Bonchev–Trinajstić information content (AvgIpc) is 3.61. The minimum atomic E-state index is -0.202. The molecule has 2 heterocycles. The minimum absolute atomic E-state index is 0.202. The molecule has 6 aromatic carbocycles. The van der Waals surface area contributed by atoms with E-state index in [1.165, 1.54) is 22.3 Å². The van der Waals surface area contributed by atoms with Crippen LogP contribution in [0.25, 0.3) is 72.8 Å². The Morgan fingerprint density at radius 3 is 1.78 bits per heavy atom. The first-order valence-corrected chi connectivity index (χ1v) is 16.5. The Morgan fingerprint density at radius 1 is 0.500 bits per heavy atom. The predicted octanol–water partition coefficient (Wildman–Crippen LogP) is 10.0. The number of hydrogen-bond acceptors (Lipinski definition) is 5. The van der Waals surface area contributed by atoms with Crippen LogP contribution < -0.4 is 0 Å². The normalized spacial score (nSPS) is 12.7. The molecule has 9 rings (SSSR count). The molecule has 50 heavy (non-hydrogen) atoms.